The van der Waals surface area contributed by atoms with Gasteiger partial charge in [0, 0.05) is 6.42 Å². The van der Waals surface area contributed by atoms with Crippen LogP contribution in [0.1, 0.15) is 18.1 Å². The molecule has 2 nitrogen and oxygen atoms in total. The van der Waals surface area contributed by atoms with Crippen LogP contribution in [0.5, 0.6) is 0 Å². The first-order valence-corrected chi connectivity index (χ1v) is 4.86. The molecule has 0 saturated carbocycles. The normalized spacial score (nSPS) is 25.8. The molecule has 2 atom stereocenters. The maximum Gasteiger partial charge on any atom is 0.155 e. The van der Waals surface area contributed by atoms with Gasteiger partial charge in [-0.2, -0.15) is 0 Å². The molecule has 0 radical (unpaired) electrons. The third-order valence-electron chi connectivity index (χ3n) is 1.90. The van der Waals surface area contributed by atoms with Crippen molar-refractivity contribution in [2.75, 3.05) is 6.61 Å². The van der Waals surface area contributed by atoms with Crippen LogP contribution >= 0.6 is 9.03 Å². The van der Waals surface area contributed by atoms with Crippen LogP contribution in [0.25, 0.3) is 0 Å². The first-order chi connectivity index (χ1) is 5.97. The van der Waals surface area contributed by atoms with Crippen molar-refractivity contribution in [2.24, 2.45) is 0 Å². The van der Waals surface area contributed by atoms with Gasteiger partial charge < -0.3 is 9.05 Å². The van der Waals surface area contributed by atoms with E-state index in [9.17, 15) is 0 Å². The molecule has 1 heterocycles. The van der Waals surface area contributed by atoms with Gasteiger partial charge in [0.05, 0.1) is 12.7 Å². The zero-order valence-electron chi connectivity index (χ0n) is 6.69. The van der Waals surface area contributed by atoms with Crippen molar-refractivity contribution in [3.63, 3.8) is 0 Å². The minimum absolute atomic E-state index is 0.208. The maximum absolute atomic E-state index is 5.47. The number of hydrogen-bond acceptors (Lipinski definition) is 2. The fourth-order valence-corrected chi connectivity index (χ4v) is 1.90. The summed E-state index contributed by atoms with van der Waals surface area (Å²) in [7, 11) is 0.208. The second-order valence-electron chi connectivity index (χ2n) is 2.74. The number of hydrogen-bond donors (Lipinski definition) is 0. The predicted octanol–water partition coefficient (Wildman–Crippen LogP) is 2.67. The molecule has 1 aromatic rings. The highest BCUT2D eigenvalue weighted by Gasteiger charge is 2.15. The molecule has 1 aromatic carbocycles. The van der Waals surface area contributed by atoms with Crippen molar-refractivity contribution in [2.45, 2.75) is 12.5 Å². The highest BCUT2D eigenvalue weighted by Crippen LogP contribution is 2.34. The second-order valence-corrected chi connectivity index (χ2v) is 3.43. The minimum atomic E-state index is 0.208. The SMILES string of the molecule is c1ccc([C@@H]2CCOPO2)cc1. The van der Waals surface area contributed by atoms with Gasteiger partial charge in [-0.3, -0.25) is 0 Å². The lowest BCUT2D eigenvalue weighted by atomic mass is 10.1. The summed E-state index contributed by atoms with van der Waals surface area (Å²) in [5.41, 5.74) is 1.26. The van der Waals surface area contributed by atoms with Crippen LogP contribution in [0, 0.1) is 0 Å². The van der Waals surface area contributed by atoms with E-state index in [1.54, 1.807) is 0 Å². The van der Waals surface area contributed by atoms with Gasteiger partial charge in [-0.25, -0.2) is 0 Å². The molecule has 2 rings (SSSR count). The monoisotopic (exact) mass is 182 g/mol. The Balaban J connectivity index is 2.08. The molecule has 0 aromatic heterocycles. The van der Waals surface area contributed by atoms with E-state index in [2.05, 4.69) is 12.1 Å². The Bertz CT molecular complexity index is 232. The lowest BCUT2D eigenvalue weighted by Crippen LogP contribution is -2.07. The molecule has 12 heavy (non-hydrogen) atoms. The Kier molecular flexibility index (Phi) is 2.72. The van der Waals surface area contributed by atoms with Gasteiger partial charge in [0.2, 0.25) is 0 Å². The number of rotatable bonds is 1. The van der Waals surface area contributed by atoms with E-state index < -0.39 is 0 Å². The Labute approximate surface area is 73.8 Å². The zero-order chi connectivity index (χ0) is 8.23. The summed E-state index contributed by atoms with van der Waals surface area (Å²) in [4.78, 5) is 0. The highest BCUT2D eigenvalue weighted by atomic mass is 31.1. The Hall–Kier alpha value is -0.430. The topological polar surface area (TPSA) is 18.5 Å². The maximum atomic E-state index is 5.47. The van der Waals surface area contributed by atoms with Gasteiger partial charge in [-0.15, -0.1) is 0 Å². The van der Waals surface area contributed by atoms with Gasteiger partial charge in [0.15, 0.2) is 9.03 Å². The van der Waals surface area contributed by atoms with E-state index >= 15 is 0 Å². The summed E-state index contributed by atoms with van der Waals surface area (Å²) >= 11 is 0. The van der Waals surface area contributed by atoms with Crippen molar-refractivity contribution < 1.29 is 9.05 Å². The lowest BCUT2D eigenvalue weighted by molar-refractivity contribution is 0.121. The van der Waals surface area contributed by atoms with Crippen molar-refractivity contribution in [1.82, 2.24) is 0 Å². The molecule has 1 unspecified atom stereocenters. The number of benzene rings is 1. The average molecular weight is 182 g/mol. The molecule has 0 N–H and O–H groups in total. The third kappa shape index (κ3) is 1.84. The summed E-state index contributed by atoms with van der Waals surface area (Å²) < 4.78 is 10.6. The van der Waals surface area contributed by atoms with E-state index in [1.165, 1.54) is 5.56 Å². The van der Waals surface area contributed by atoms with Crippen molar-refractivity contribution >= 4 is 9.03 Å². The van der Waals surface area contributed by atoms with Crippen LogP contribution in [0.2, 0.25) is 0 Å². The second kappa shape index (κ2) is 3.99. The first-order valence-electron chi connectivity index (χ1n) is 4.04. The predicted molar refractivity (Wildman–Crippen MR) is 49.2 cm³/mol. The highest BCUT2D eigenvalue weighted by molar-refractivity contribution is 7.26. The Morgan fingerprint density at radius 2 is 2.08 bits per heavy atom. The summed E-state index contributed by atoms with van der Waals surface area (Å²) in [5, 5.41) is 0. The molecule has 64 valence electrons. The van der Waals surface area contributed by atoms with Gasteiger partial charge in [-0.1, -0.05) is 30.3 Å². The fourth-order valence-electron chi connectivity index (χ4n) is 1.26. The van der Waals surface area contributed by atoms with Crippen LogP contribution in [-0.2, 0) is 9.05 Å². The summed E-state index contributed by atoms with van der Waals surface area (Å²) in [6.45, 7) is 0.817. The van der Waals surface area contributed by atoms with Crippen molar-refractivity contribution in [1.29, 1.82) is 0 Å². The van der Waals surface area contributed by atoms with Crippen molar-refractivity contribution in [3.05, 3.63) is 35.9 Å². The van der Waals surface area contributed by atoms with Crippen LogP contribution in [0.15, 0.2) is 30.3 Å². The Morgan fingerprint density at radius 3 is 2.75 bits per heavy atom. The molecule has 1 aliphatic heterocycles. The van der Waals surface area contributed by atoms with Crippen LogP contribution < -0.4 is 0 Å². The molecule has 3 heteroatoms. The largest absolute Gasteiger partial charge is 0.336 e. The van der Waals surface area contributed by atoms with Gasteiger partial charge in [-0.05, 0) is 5.56 Å². The average Bonchev–Trinajstić information content (AvgIpc) is 2.21. The van der Waals surface area contributed by atoms with E-state index in [0.717, 1.165) is 13.0 Å². The lowest BCUT2D eigenvalue weighted by Gasteiger charge is -2.22. The zero-order valence-corrected chi connectivity index (χ0v) is 7.69. The van der Waals surface area contributed by atoms with Crippen LogP contribution in [0.4, 0.5) is 0 Å². The molecule has 0 bridgehead atoms. The molecular formula is C9H11O2P. The standard InChI is InChI=1S/C9H11O2P/c1-2-4-8(5-3-1)9-6-7-10-12-11-9/h1-5,9,12H,6-7H2/t9-/m0/s1. The molecule has 0 amide bonds. The molecule has 0 spiro atoms. The summed E-state index contributed by atoms with van der Waals surface area (Å²) in [6.07, 6.45) is 1.22. The smallest absolute Gasteiger partial charge is 0.155 e. The Morgan fingerprint density at radius 1 is 1.25 bits per heavy atom. The first kappa shape index (κ1) is 8.18. The third-order valence-corrected chi connectivity index (χ3v) is 2.61. The molecular weight excluding hydrogens is 171 g/mol. The van der Waals surface area contributed by atoms with E-state index in [1.807, 2.05) is 18.2 Å². The molecule has 1 aliphatic rings. The molecule has 0 aliphatic carbocycles. The van der Waals surface area contributed by atoms with Crippen LogP contribution in [0.3, 0.4) is 0 Å². The van der Waals surface area contributed by atoms with Crippen molar-refractivity contribution in [3.8, 4) is 0 Å². The summed E-state index contributed by atoms with van der Waals surface area (Å²) in [5.74, 6) is 0. The van der Waals surface area contributed by atoms with Gasteiger partial charge in [0.25, 0.3) is 0 Å². The minimum Gasteiger partial charge on any atom is -0.336 e. The van der Waals surface area contributed by atoms with E-state index in [4.69, 9.17) is 9.05 Å². The molecule has 1 fully saturated rings. The van der Waals surface area contributed by atoms with Gasteiger partial charge in [0.1, 0.15) is 0 Å². The molecule has 1 saturated heterocycles. The van der Waals surface area contributed by atoms with E-state index in [-0.39, 0.29) is 15.1 Å². The fraction of sp³-hybridized carbons (Fsp3) is 0.333. The van der Waals surface area contributed by atoms with Crippen LogP contribution in [-0.4, -0.2) is 6.61 Å². The quantitative estimate of drug-likeness (QED) is 0.621. The van der Waals surface area contributed by atoms with E-state index in [0.29, 0.717) is 0 Å². The van der Waals surface area contributed by atoms with Gasteiger partial charge >= 0.3 is 0 Å². The summed E-state index contributed by atoms with van der Waals surface area (Å²) in [6, 6.07) is 10.3.